The van der Waals surface area contributed by atoms with Gasteiger partial charge >= 0.3 is 0 Å². The van der Waals surface area contributed by atoms with Crippen LogP contribution in [0.1, 0.15) is 65.7 Å². The molecule has 0 heterocycles. The summed E-state index contributed by atoms with van der Waals surface area (Å²) in [6.07, 6.45) is 10.7. The summed E-state index contributed by atoms with van der Waals surface area (Å²) in [7, 11) is 0. The zero-order chi connectivity index (χ0) is 13.6. The lowest BCUT2D eigenvalue weighted by atomic mass is 9.77. The van der Waals surface area contributed by atoms with Crippen LogP contribution in [0.15, 0.2) is 22.8 Å². The lowest BCUT2D eigenvalue weighted by Gasteiger charge is -2.26. The fourth-order valence-electron chi connectivity index (χ4n) is 4.55. The molecule has 0 aromatic heterocycles. The van der Waals surface area contributed by atoms with Gasteiger partial charge in [-0.2, -0.15) is 0 Å². The van der Waals surface area contributed by atoms with Crippen LogP contribution in [-0.2, 0) is 4.79 Å². The van der Waals surface area contributed by atoms with Gasteiger partial charge in [-0.15, -0.1) is 0 Å². The SMILES string of the molecule is CCCC(=O)C12CC1C(C)=C(C1CCCC1)C=C2C. The van der Waals surface area contributed by atoms with Gasteiger partial charge in [0.1, 0.15) is 5.78 Å². The quantitative estimate of drug-likeness (QED) is 0.706. The number of allylic oxidation sites excluding steroid dienone is 4. The van der Waals surface area contributed by atoms with Crippen molar-refractivity contribution in [2.75, 3.05) is 0 Å². The third kappa shape index (κ3) is 1.85. The number of hydrogen-bond donors (Lipinski definition) is 0. The first-order valence-electron chi connectivity index (χ1n) is 8.04. The summed E-state index contributed by atoms with van der Waals surface area (Å²) in [5.41, 5.74) is 4.44. The van der Waals surface area contributed by atoms with Crippen LogP contribution in [0.25, 0.3) is 0 Å². The minimum absolute atomic E-state index is 0.0673. The van der Waals surface area contributed by atoms with Gasteiger partial charge in [-0.25, -0.2) is 0 Å². The molecular weight excluding hydrogens is 232 g/mol. The topological polar surface area (TPSA) is 17.1 Å². The van der Waals surface area contributed by atoms with Crippen molar-refractivity contribution in [3.63, 3.8) is 0 Å². The van der Waals surface area contributed by atoms with Gasteiger partial charge in [-0.3, -0.25) is 4.79 Å². The van der Waals surface area contributed by atoms with Crippen molar-refractivity contribution in [1.29, 1.82) is 0 Å². The third-order valence-electron chi connectivity index (χ3n) is 5.78. The van der Waals surface area contributed by atoms with Crippen molar-refractivity contribution >= 4 is 5.78 Å². The molecule has 2 saturated carbocycles. The van der Waals surface area contributed by atoms with Gasteiger partial charge < -0.3 is 0 Å². The average Bonchev–Trinajstić information content (AvgIpc) is 2.95. The molecule has 3 aliphatic rings. The second-order valence-corrected chi connectivity index (χ2v) is 6.85. The maximum atomic E-state index is 12.5. The van der Waals surface area contributed by atoms with Crippen LogP contribution in [0.3, 0.4) is 0 Å². The fourth-order valence-corrected chi connectivity index (χ4v) is 4.55. The highest BCUT2D eigenvalue weighted by Crippen LogP contribution is 2.65. The van der Waals surface area contributed by atoms with Crippen molar-refractivity contribution < 1.29 is 4.79 Å². The smallest absolute Gasteiger partial charge is 0.143 e. The molecule has 2 atom stereocenters. The second-order valence-electron chi connectivity index (χ2n) is 6.85. The number of fused-ring (bicyclic) bond motifs is 1. The van der Waals surface area contributed by atoms with E-state index in [1.165, 1.54) is 31.3 Å². The van der Waals surface area contributed by atoms with E-state index in [0.717, 1.165) is 25.2 Å². The second kappa shape index (κ2) is 4.61. The molecule has 104 valence electrons. The molecular formula is C18H26O. The Hall–Kier alpha value is -0.850. The zero-order valence-corrected chi connectivity index (χ0v) is 12.6. The number of Topliss-reactive ketones (excluding diaryl/α,β-unsaturated/α-hetero) is 1. The number of ketones is 1. The molecule has 0 aromatic carbocycles. The van der Waals surface area contributed by atoms with Gasteiger partial charge in [0, 0.05) is 6.42 Å². The molecule has 19 heavy (non-hydrogen) atoms. The van der Waals surface area contributed by atoms with Gasteiger partial charge in [0.25, 0.3) is 0 Å². The number of carbonyl (C=O) groups excluding carboxylic acids is 1. The van der Waals surface area contributed by atoms with E-state index in [1.54, 1.807) is 11.1 Å². The van der Waals surface area contributed by atoms with Gasteiger partial charge in [0.2, 0.25) is 0 Å². The highest BCUT2D eigenvalue weighted by Gasteiger charge is 2.62. The predicted octanol–water partition coefficient (Wildman–Crippen LogP) is 4.83. The maximum absolute atomic E-state index is 12.5. The van der Waals surface area contributed by atoms with E-state index in [1.807, 2.05) is 0 Å². The van der Waals surface area contributed by atoms with Crippen molar-refractivity contribution in [2.45, 2.75) is 65.7 Å². The summed E-state index contributed by atoms with van der Waals surface area (Å²) in [5, 5.41) is 0. The van der Waals surface area contributed by atoms with Crippen molar-refractivity contribution in [3.05, 3.63) is 22.8 Å². The van der Waals surface area contributed by atoms with Crippen LogP contribution < -0.4 is 0 Å². The summed E-state index contributed by atoms with van der Waals surface area (Å²) in [5.74, 6) is 1.83. The molecule has 3 rings (SSSR count). The standard InChI is InChI=1S/C18H26O/c1-4-7-17(19)18-11-16(18)13(3)15(10-12(18)2)14-8-5-6-9-14/h10,14,16H,4-9,11H2,1-3H3. The van der Waals surface area contributed by atoms with E-state index in [4.69, 9.17) is 0 Å². The normalized spacial score (nSPS) is 34.3. The molecule has 1 nitrogen and oxygen atoms in total. The molecule has 0 radical (unpaired) electrons. The predicted molar refractivity (Wildman–Crippen MR) is 78.9 cm³/mol. The first-order valence-corrected chi connectivity index (χ1v) is 8.04. The van der Waals surface area contributed by atoms with Crippen LogP contribution in [0.2, 0.25) is 0 Å². The first-order chi connectivity index (χ1) is 9.11. The summed E-state index contributed by atoms with van der Waals surface area (Å²) in [6, 6.07) is 0. The molecule has 1 heteroatoms. The van der Waals surface area contributed by atoms with Gasteiger partial charge in [0.05, 0.1) is 5.41 Å². The number of hydrogen-bond acceptors (Lipinski definition) is 1. The molecule has 0 amide bonds. The summed E-state index contributed by atoms with van der Waals surface area (Å²) < 4.78 is 0. The van der Waals surface area contributed by atoms with Crippen molar-refractivity contribution in [1.82, 2.24) is 0 Å². The molecule has 2 fully saturated rings. The lowest BCUT2D eigenvalue weighted by molar-refractivity contribution is -0.123. The lowest BCUT2D eigenvalue weighted by Crippen LogP contribution is -2.23. The van der Waals surface area contributed by atoms with Crippen LogP contribution in [0, 0.1) is 17.3 Å². The first kappa shape index (κ1) is 13.1. The van der Waals surface area contributed by atoms with Crippen LogP contribution in [-0.4, -0.2) is 5.78 Å². The minimum Gasteiger partial charge on any atom is -0.299 e. The average molecular weight is 258 g/mol. The van der Waals surface area contributed by atoms with E-state index in [9.17, 15) is 4.79 Å². The summed E-state index contributed by atoms with van der Waals surface area (Å²) >= 11 is 0. The Morgan fingerprint density at radius 3 is 2.63 bits per heavy atom. The molecule has 3 aliphatic carbocycles. The third-order valence-corrected chi connectivity index (χ3v) is 5.78. The van der Waals surface area contributed by atoms with Crippen LogP contribution in [0.4, 0.5) is 0 Å². The Bertz CT molecular complexity index is 462. The van der Waals surface area contributed by atoms with Crippen molar-refractivity contribution in [3.8, 4) is 0 Å². The molecule has 0 bridgehead atoms. The Morgan fingerprint density at radius 2 is 2.00 bits per heavy atom. The molecule has 2 unspecified atom stereocenters. The largest absolute Gasteiger partial charge is 0.299 e. The van der Waals surface area contributed by atoms with E-state index in [-0.39, 0.29) is 5.41 Å². The van der Waals surface area contributed by atoms with E-state index in [2.05, 4.69) is 26.8 Å². The van der Waals surface area contributed by atoms with Gasteiger partial charge in [-0.1, -0.05) is 37.0 Å². The zero-order valence-electron chi connectivity index (χ0n) is 12.6. The van der Waals surface area contributed by atoms with E-state index < -0.39 is 0 Å². The van der Waals surface area contributed by atoms with Crippen LogP contribution >= 0.6 is 0 Å². The number of rotatable bonds is 4. The van der Waals surface area contributed by atoms with Crippen molar-refractivity contribution in [2.24, 2.45) is 17.3 Å². The molecule has 0 aliphatic heterocycles. The molecule has 0 saturated heterocycles. The summed E-state index contributed by atoms with van der Waals surface area (Å²) in [4.78, 5) is 12.5. The van der Waals surface area contributed by atoms with E-state index in [0.29, 0.717) is 11.7 Å². The Balaban J connectivity index is 1.88. The monoisotopic (exact) mass is 258 g/mol. The highest BCUT2D eigenvalue weighted by molar-refractivity contribution is 5.92. The highest BCUT2D eigenvalue weighted by atomic mass is 16.1. The number of carbonyl (C=O) groups is 1. The van der Waals surface area contributed by atoms with E-state index >= 15 is 0 Å². The Morgan fingerprint density at radius 1 is 1.32 bits per heavy atom. The van der Waals surface area contributed by atoms with Gasteiger partial charge in [-0.05, 0) is 56.9 Å². The minimum atomic E-state index is -0.0673. The Kier molecular flexibility index (Phi) is 3.19. The Labute approximate surface area is 117 Å². The van der Waals surface area contributed by atoms with Gasteiger partial charge in [0.15, 0.2) is 0 Å². The maximum Gasteiger partial charge on any atom is 0.143 e. The molecule has 0 spiro atoms. The summed E-state index contributed by atoms with van der Waals surface area (Å²) in [6.45, 7) is 6.61. The molecule has 0 N–H and O–H groups in total. The van der Waals surface area contributed by atoms with Crippen LogP contribution in [0.5, 0.6) is 0 Å². The fraction of sp³-hybridized carbons (Fsp3) is 0.722. The molecule has 0 aromatic rings.